The van der Waals surface area contributed by atoms with Crippen molar-refractivity contribution in [3.05, 3.63) is 12.2 Å². The van der Waals surface area contributed by atoms with Crippen LogP contribution in [0, 0.1) is 0 Å². The number of nitrogens with one attached hydrogen (secondary N) is 2. The predicted octanol–water partition coefficient (Wildman–Crippen LogP) is -1.57. The van der Waals surface area contributed by atoms with Crippen LogP contribution in [0.5, 0.6) is 0 Å². The fraction of sp³-hybridized carbons (Fsp3) is 0.417. The van der Waals surface area contributed by atoms with E-state index in [0.29, 0.717) is 0 Å². The monoisotopic (exact) mass is 368 g/mol. The summed E-state index contributed by atoms with van der Waals surface area (Å²) in [5, 5.41) is 9.60. The predicted molar refractivity (Wildman–Crippen MR) is 74.1 cm³/mol. The summed E-state index contributed by atoms with van der Waals surface area (Å²) < 4.78 is 31.7. The fourth-order valence-electron chi connectivity index (χ4n) is 1.34. The standard InChI is InChI=1S/C10H14N4O4.C2HF3O2/c11-13-8(16)3-5-12-7(15)4-6-14-9(17)1-2-10(14)18;3-2(4,5)1(6)7/h1-2H,3-6,11H2,(H,12,15)(H,13,16);(H,6,7). The molecule has 5 N–H and O–H groups in total. The molecule has 1 rings (SSSR count). The zero-order valence-electron chi connectivity index (χ0n) is 12.6. The van der Waals surface area contributed by atoms with E-state index < -0.39 is 24.0 Å². The van der Waals surface area contributed by atoms with Crippen LogP contribution in [0.1, 0.15) is 12.8 Å². The summed E-state index contributed by atoms with van der Waals surface area (Å²) in [6.07, 6.45) is -2.69. The van der Waals surface area contributed by atoms with E-state index in [9.17, 15) is 32.3 Å². The van der Waals surface area contributed by atoms with Gasteiger partial charge in [-0.15, -0.1) is 0 Å². The normalized spacial score (nSPS) is 13.2. The van der Waals surface area contributed by atoms with Crippen LogP contribution in [-0.2, 0) is 24.0 Å². The number of amides is 4. The second-order valence-electron chi connectivity index (χ2n) is 4.38. The van der Waals surface area contributed by atoms with Crippen molar-refractivity contribution in [3.63, 3.8) is 0 Å². The van der Waals surface area contributed by atoms with Crippen molar-refractivity contribution in [1.82, 2.24) is 15.6 Å². The number of imide groups is 1. The summed E-state index contributed by atoms with van der Waals surface area (Å²) in [5.74, 6) is 0.536. The molecular formula is C12H15F3N4O6. The van der Waals surface area contributed by atoms with E-state index in [1.54, 1.807) is 0 Å². The number of carboxylic acid groups (broad SMARTS) is 1. The molecule has 0 atom stereocenters. The van der Waals surface area contributed by atoms with E-state index >= 15 is 0 Å². The maximum absolute atomic E-state index is 11.3. The molecule has 0 fully saturated rings. The molecule has 0 aliphatic carbocycles. The number of nitrogens with two attached hydrogens (primary N) is 1. The number of halogens is 3. The van der Waals surface area contributed by atoms with E-state index in [4.69, 9.17) is 15.7 Å². The van der Waals surface area contributed by atoms with Crippen LogP contribution in [0.2, 0.25) is 0 Å². The van der Waals surface area contributed by atoms with Gasteiger partial charge >= 0.3 is 12.1 Å². The number of carboxylic acids is 1. The Labute approximate surface area is 138 Å². The van der Waals surface area contributed by atoms with E-state index in [-0.39, 0.29) is 37.7 Å². The molecule has 0 radical (unpaired) electrons. The van der Waals surface area contributed by atoms with Crippen LogP contribution in [0.15, 0.2) is 12.2 Å². The number of hydrazine groups is 1. The third-order valence-electron chi connectivity index (χ3n) is 2.54. The lowest BCUT2D eigenvalue weighted by molar-refractivity contribution is -0.192. The van der Waals surface area contributed by atoms with E-state index in [0.717, 1.165) is 17.1 Å². The summed E-state index contributed by atoms with van der Waals surface area (Å²) in [4.78, 5) is 54.3. The van der Waals surface area contributed by atoms with Crippen molar-refractivity contribution in [2.24, 2.45) is 5.84 Å². The molecule has 0 bridgehead atoms. The van der Waals surface area contributed by atoms with Crippen LogP contribution >= 0.6 is 0 Å². The number of carbonyl (C=O) groups is 5. The topological polar surface area (TPSA) is 159 Å². The Kier molecular flexibility index (Phi) is 8.83. The van der Waals surface area contributed by atoms with Gasteiger partial charge < -0.3 is 10.4 Å². The Morgan fingerprint density at radius 2 is 1.56 bits per heavy atom. The molecule has 10 nitrogen and oxygen atoms in total. The number of rotatable bonds is 6. The van der Waals surface area contributed by atoms with Gasteiger partial charge in [-0.05, 0) is 0 Å². The Morgan fingerprint density at radius 1 is 1.08 bits per heavy atom. The molecule has 0 aromatic rings. The third kappa shape index (κ3) is 9.04. The SMILES string of the molecule is NNC(=O)CCNC(=O)CCN1C(=O)C=CC1=O.O=C(O)C(F)(F)F. The Balaban J connectivity index is 0.000000697. The fourth-order valence-corrected chi connectivity index (χ4v) is 1.34. The zero-order valence-corrected chi connectivity index (χ0v) is 12.6. The zero-order chi connectivity index (χ0) is 19.6. The van der Waals surface area contributed by atoms with Gasteiger partial charge in [-0.1, -0.05) is 0 Å². The van der Waals surface area contributed by atoms with Crippen molar-refractivity contribution in [3.8, 4) is 0 Å². The molecule has 0 unspecified atom stereocenters. The van der Waals surface area contributed by atoms with Crippen LogP contribution < -0.4 is 16.6 Å². The maximum atomic E-state index is 11.3. The summed E-state index contributed by atoms with van der Waals surface area (Å²) >= 11 is 0. The van der Waals surface area contributed by atoms with E-state index in [1.165, 1.54) is 0 Å². The molecule has 0 aromatic heterocycles. The summed E-state index contributed by atoms with van der Waals surface area (Å²) in [5.41, 5.74) is 1.93. The molecule has 13 heteroatoms. The first-order valence-corrected chi connectivity index (χ1v) is 6.58. The largest absolute Gasteiger partial charge is 0.490 e. The highest BCUT2D eigenvalue weighted by Crippen LogP contribution is 2.13. The van der Waals surface area contributed by atoms with Gasteiger partial charge in [-0.25, -0.2) is 10.6 Å². The lowest BCUT2D eigenvalue weighted by Crippen LogP contribution is -2.36. The first-order valence-electron chi connectivity index (χ1n) is 6.58. The maximum Gasteiger partial charge on any atom is 0.490 e. The highest BCUT2D eigenvalue weighted by molar-refractivity contribution is 6.13. The minimum Gasteiger partial charge on any atom is -0.475 e. The quantitative estimate of drug-likeness (QED) is 0.191. The Morgan fingerprint density at radius 3 is 1.96 bits per heavy atom. The lowest BCUT2D eigenvalue weighted by atomic mass is 10.3. The van der Waals surface area contributed by atoms with Crippen LogP contribution in [0.25, 0.3) is 0 Å². The van der Waals surface area contributed by atoms with Crippen molar-refractivity contribution in [2.75, 3.05) is 13.1 Å². The third-order valence-corrected chi connectivity index (χ3v) is 2.54. The molecule has 1 aliphatic heterocycles. The van der Waals surface area contributed by atoms with Crippen molar-refractivity contribution >= 4 is 29.6 Å². The number of aliphatic carboxylic acids is 1. The second-order valence-corrected chi connectivity index (χ2v) is 4.38. The second kappa shape index (κ2) is 10.0. The van der Waals surface area contributed by atoms with E-state index in [2.05, 4.69) is 5.32 Å². The van der Waals surface area contributed by atoms with Crippen LogP contribution in [-0.4, -0.2) is 58.9 Å². The molecule has 25 heavy (non-hydrogen) atoms. The van der Waals surface area contributed by atoms with Gasteiger partial charge in [0.2, 0.25) is 11.8 Å². The summed E-state index contributed by atoms with van der Waals surface area (Å²) in [6.45, 7) is 0.182. The van der Waals surface area contributed by atoms with Gasteiger partial charge in [0.25, 0.3) is 11.8 Å². The summed E-state index contributed by atoms with van der Waals surface area (Å²) in [7, 11) is 0. The molecule has 140 valence electrons. The minimum absolute atomic E-state index is 0.00338. The average Bonchev–Trinajstić information content (AvgIpc) is 2.83. The van der Waals surface area contributed by atoms with Gasteiger partial charge in [0.1, 0.15) is 0 Å². The smallest absolute Gasteiger partial charge is 0.475 e. The van der Waals surface area contributed by atoms with Gasteiger partial charge in [0.15, 0.2) is 0 Å². The molecule has 1 heterocycles. The number of nitrogens with zero attached hydrogens (tertiary/aromatic N) is 1. The number of hydrogen-bond donors (Lipinski definition) is 4. The first kappa shape index (κ1) is 22.0. The van der Waals surface area contributed by atoms with Crippen molar-refractivity contribution < 1.29 is 42.3 Å². The molecule has 0 saturated heterocycles. The average molecular weight is 368 g/mol. The van der Waals surface area contributed by atoms with Crippen LogP contribution in [0.4, 0.5) is 13.2 Å². The first-order chi connectivity index (χ1) is 11.5. The molecular weight excluding hydrogens is 353 g/mol. The molecule has 1 aliphatic rings. The van der Waals surface area contributed by atoms with Crippen molar-refractivity contribution in [2.45, 2.75) is 19.0 Å². The molecule has 0 spiro atoms. The minimum atomic E-state index is -5.08. The molecule has 0 saturated carbocycles. The van der Waals surface area contributed by atoms with Crippen molar-refractivity contribution in [1.29, 1.82) is 0 Å². The van der Waals surface area contributed by atoms with Gasteiger partial charge in [0, 0.05) is 38.1 Å². The number of carbonyl (C=O) groups excluding carboxylic acids is 4. The molecule has 0 aromatic carbocycles. The summed E-state index contributed by atoms with van der Waals surface area (Å²) in [6, 6.07) is 0. The highest BCUT2D eigenvalue weighted by Gasteiger charge is 2.38. The number of alkyl halides is 3. The lowest BCUT2D eigenvalue weighted by Gasteiger charge is -2.13. The molecule has 4 amide bonds. The van der Waals surface area contributed by atoms with E-state index in [1.807, 2.05) is 5.43 Å². The number of hydrogen-bond acceptors (Lipinski definition) is 6. The van der Waals surface area contributed by atoms with Gasteiger partial charge in [-0.3, -0.25) is 29.5 Å². The Hall–Kier alpha value is -2.96. The van der Waals surface area contributed by atoms with Crippen LogP contribution in [0.3, 0.4) is 0 Å². The van der Waals surface area contributed by atoms with Gasteiger partial charge in [-0.2, -0.15) is 13.2 Å². The van der Waals surface area contributed by atoms with Gasteiger partial charge in [0.05, 0.1) is 0 Å². The highest BCUT2D eigenvalue weighted by atomic mass is 19.4. The Bertz CT molecular complexity index is 558.